The van der Waals surface area contributed by atoms with E-state index in [4.69, 9.17) is 10.2 Å². The Labute approximate surface area is 113 Å². The van der Waals surface area contributed by atoms with Gasteiger partial charge in [0.1, 0.15) is 6.17 Å². The van der Waals surface area contributed by atoms with Gasteiger partial charge in [-0.1, -0.05) is 19.3 Å². The van der Waals surface area contributed by atoms with Crippen LogP contribution < -0.4 is 0 Å². The lowest BCUT2D eigenvalue weighted by Crippen LogP contribution is -2.42. The number of aliphatic hydroxyl groups excluding tert-OH is 2. The Kier molecular flexibility index (Phi) is 10.0. The van der Waals surface area contributed by atoms with Gasteiger partial charge in [0.05, 0.1) is 0 Å². The zero-order chi connectivity index (χ0) is 15.7. The molecule has 0 bridgehead atoms. The summed E-state index contributed by atoms with van der Waals surface area (Å²) >= 11 is 0. The fourth-order valence-corrected chi connectivity index (χ4v) is 1.67. The van der Waals surface area contributed by atoms with Crippen molar-refractivity contribution in [2.75, 3.05) is 6.61 Å². The van der Waals surface area contributed by atoms with Crippen molar-refractivity contribution in [1.82, 2.24) is 0 Å². The molecule has 0 saturated carbocycles. The largest absolute Gasteiger partial charge is 0.396 e. The standard InChI is InChI=1S/C12H20F6O2/c13-7(5-3-1-2-4-6-19)8(14)9(15)10(16)11(17)12(18)20/h7-12,19-20H,1-6H2. The van der Waals surface area contributed by atoms with E-state index >= 15 is 0 Å². The summed E-state index contributed by atoms with van der Waals surface area (Å²) < 4.78 is 77.3. The van der Waals surface area contributed by atoms with Gasteiger partial charge in [-0.05, 0) is 12.8 Å². The highest BCUT2D eigenvalue weighted by Crippen LogP contribution is 2.25. The van der Waals surface area contributed by atoms with Crippen LogP contribution in [0.25, 0.3) is 0 Å². The van der Waals surface area contributed by atoms with Crippen LogP contribution in [0.2, 0.25) is 0 Å². The van der Waals surface area contributed by atoms with E-state index in [1.54, 1.807) is 0 Å². The monoisotopic (exact) mass is 310 g/mol. The van der Waals surface area contributed by atoms with E-state index < -0.39 is 37.2 Å². The van der Waals surface area contributed by atoms with Crippen molar-refractivity contribution in [3.8, 4) is 0 Å². The summed E-state index contributed by atoms with van der Waals surface area (Å²) in [5, 5.41) is 16.6. The van der Waals surface area contributed by atoms with Gasteiger partial charge in [0.2, 0.25) is 6.36 Å². The van der Waals surface area contributed by atoms with E-state index in [1.165, 1.54) is 0 Å². The fraction of sp³-hybridized carbons (Fsp3) is 1.00. The SMILES string of the molecule is OCCCCCCC(F)C(F)C(F)C(F)C(F)C(O)F. The first-order valence-electron chi connectivity index (χ1n) is 6.46. The predicted molar refractivity (Wildman–Crippen MR) is 61.8 cm³/mol. The summed E-state index contributed by atoms with van der Waals surface area (Å²) in [5.41, 5.74) is 0. The molecular weight excluding hydrogens is 290 g/mol. The van der Waals surface area contributed by atoms with E-state index in [9.17, 15) is 26.3 Å². The molecule has 6 unspecified atom stereocenters. The molecule has 20 heavy (non-hydrogen) atoms. The Morgan fingerprint density at radius 2 is 1.15 bits per heavy atom. The van der Waals surface area contributed by atoms with Crippen molar-refractivity contribution < 1.29 is 36.6 Å². The number of hydrogen-bond acceptors (Lipinski definition) is 2. The highest BCUT2D eigenvalue weighted by atomic mass is 19.2. The first-order valence-corrected chi connectivity index (χ1v) is 6.46. The van der Waals surface area contributed by atoms with E-state index in [-0.39, 0.29) is 19.4 Å². The smallest absolute Gasteiger partial charge is 0.231 e. The molecule has 0 rings (SSSR count). The molecule has 8 heteroatoms. The van der Waals surface area contributed by atoms with Crippen LogP contribution in [-0.4, -0.2) is 54.0 Å². The van der Waals surface area contributed by atoms with E-state index in [1.807, 2.05) is 0 Å². The zero-order valence-corrected chi connectivity index (χ0v) is 10.9. The summed E-state index contributed by atoms with van der Waals surface area (Å²) in [6, 6.07) is 0. The maximum Gasteiger partial charge on any atom is 0.231 e. The number of rotatable bonds is 11. The molecule has 0 fully saturated rings. The van der Waals surface area contributed by atoms with E-state index in [0.717, 1.165) is 0 Å². The molecule has 0 aromatic rings. The van der Waals surface area contributed by atoms with Crippen LogP contribution in [0.3, 0.4) is 0 Å². The molecule has 0 amide bonds. The summed E-state index contributed by atoms with van der Waals surface area (Å²) in [4.78, 5) is 0. The van der Waals surface area contributed by atoms with E-state index in [0.29, 0.717) is 19.3 Å². The van der Waals surface area contributed by atoms with Crippen molar-refractivity contribution in [2.24, 2.45) is 0 Å². The second kappa shape index (κ2) is 10.3. The average Bonchev–Trinajstić information content (AvgIpc) is 2.43. The van der Waals surface area contributed by atoms with Gasteiger partial charge in [-0.2, -0.15) is 0 Å². The molecule has 2 nitrogen and oxygen atoms in total. The lowest BCUT2D eigenvalue weighted by molar-refractivity contribution is -0.0872. The van der Waals surface area contributed by atoms with Crippen LogP contribution >= 0.6 is 0 Å². The first-order chi connectivity index (χ1) is 9.32. The molecule has 0 saturated heterocycles. The van der Waals surface area contributed by atoms with Gasteiger partial charge in [-0.15, -0.1) is 0 Å². The van der Waals surface area contributed by atoms with Crippen LogP contribution in [0.1, 0.15) is 32.1 Å². The average molecular weight is 310 g/mol. The summed E-state index contributed by atoms with van der Waals surface area (Å²) in [7, 11) is 0. The minimum atomic E-state index is -3.29. The topological polar surface area (TPSA) is 40.5 Å². The van der Waals surface area contributed by atoms with Crippen molar-refractivity contribution >= 4 is 0 Å². The molecule has 122 valence electrons. The number of alkyl halides is 6. The van der Waals surface area contributed by atoms with E-state index in [2.05, 4.69) is 0 Å². The Morgan fingerprint density at radius 3 is 1.65 bits per heavy atom. The highest BCUT2D eigenvalue weighted by Gasteiger charge is 2.42. The molecule has 0 spiro atoms. The van der Waals surface area contributed by atoms with Gasteiger partial charge in [-0.3, -0.25) is 0 Å². The number of hydrogen-bond donors (Lipinski definition) is 2. The molecule has 0 aliphatic rings. The third kappa shape index (κ3) is 6.78. The molecule has 2 N–H and O–H groups in total. The summed E-state index contributed by atoms with van der Waals surface area (Å²) in [6.07, 6.45) is -16.8. The Bertz CT molecular complexity index is 244. The van der Waals surface area contributed by atoms with Gasteiger partial charge in [0.25, 0.3) is 0 Å². The van der Waals surface area contributed by atoms with Crippen LogP contribution in [0, 0.1) is 0 Å². The van der Waals surface area contributed by atoms with Gasteiger partial charge < -0.3 is 10.2 Å². The minimum Gasteiger partial charge on any atom is -0.396 e. The molecule has 0 aromatic carbocycles. The highest BCUT2D eigenvalue weighted by molar-refractivity contribution is 4.87. The normalized spacial score (nSPS) is 21.0. The third-order valence-corrected chi connectivity index (χ3v) is 2.91. The minimum absolute atomic E-state index is 0.0235. The molecule has 0 aromatic heterocycles. The Morgan fingerprint density at radius 1 is 0.650 bits per heavy atom. The molecule has 0 heterocycles. The summed E-state index contributed by atoms with van der Waals surface area (Å²) in [5.74, 6) is 0. The van der Waals surface area contributed by atoms with Gasteiger partial charge in [0, 0.05) is 6.61 Å². The van der Waals surface area contributed by atoms with Gasteiger partial charge >= 0.3 is 0 Å². The van der Waals surface area contributed by atoms with Crippen molar-refractivity contribution in [1.29, 1.82) is 0 Å². The lowest BCUT2D eigenvalue weighted by atomic mass is 10.00. The van der Waals surface area contributed by atoms with Crippen LogP contribution in [0.15, 0.2) is 0 Å². The molecule has 0 aliphatic carbocycles. The zero-order valence-electron chi connectivity index (χ0n) is 10.9. The fourth-order valence-electron chi connectivity index (χ4n) is 1.67. The molecule has 6 atom stereocenters. The van der Waals surface area contributed by atoms with Gasteiger partial charge in [0.15, 0.2) is 24.7 Å². The van der Waals surface area contributed by atoms with Crippen molar-refractivity contribution in [2.45, 2.75) is 69.3 Å². The van der Waals surface area contributed by atoms with Crippen molar-refractivity contribution in [3.05, 3.63) is 0 Å². The Hall–Kier alpha value is -0.500. The molecule has 0 radical (unpaired) electrons. The lowest BCUT2D eigenvalue weighted by Gasteiger charge is -2.22. The quantitative estimate of drug-likeness (QED) is 0.455. The molecule has 0 aliphatic heterocycles. The van der Waals surface area contributed by atoms with Crippen LogP contribution in [0.4, 0.5) is 26.3 Å². The van der Waals surface area contributed by atoms with Crippen molar-refractivity contribution in [3.63, 3.8) is 0 Å². The maximum atomic E-state index is 13.3. The second-order valence-corrected chi connectivity index (χ2v) is 4.59. The number of unbranched alkanes of at least 4 members (excludes halogenated alkanes) is 3. The maximum absolute atomic E-state index is 13.3. The number of halogens is 6. The second-order valence-electron chi connectivity index (χ2n) is 4.59. The van der Waals surface area contributed by atoms with Crippen LogP contribution in [0.5, 0.6) is 0 Å². The van der Waals surface area contributed by atoms with Gasteiger partial charge in [-0.25, -0.2) is 26.3 Å². The first kappa shape index (κ1) is 19.5. The Balaban J connectivity index is 4.11. The predicted octanol–water partition coefficient (Wildman–Crippen LogP) is 2.91. The third-order valence-electron chi connectivity index (χ3n) is 2.91. The molecular formula is C12H20F6O2. The number of aliphatic hydroxyl groups is 2. The van der Waals surface area contributed by atoms with Crippen LogP contribution in [-0.2, 0) is 0 Å². The summed E-state index contributed by atoms with van der Waals surface area (Å²) in [6.45, 7) is -0.0235.